The highest BCUT2D eigenvalue weighted by Crippen LogP contribution is 2.28. The zero-order valence-corrected chi connectivity index (χ0v) is 13.6. The second kappa shape index (κ2) is 5.81. The Kier molecular flexibility index (Phi) is 3.50. The fourth-order valence-electron chi connectivity index (χ4n) is 2.92. The van der Waals surface area contributed by atoms with Crippen molar-refractivity contribution < 1.29 is 4.74 Å². The second-order valence-electron chi connectivity index (χ2n) is 5.72. The number of fused-ring (bicyclic) bond motifs is 1. The minimum atomic E-state index is 0.837. The highest BCUT2D eigenvalue weighted by atomic mass is 16.5. The molecular formula is C20H17N3O. The maximum absolute atomic E-state index is 5.30. The molecule has 0 fully saturated rings. The predicted octanol–water partition coefficient (Wildman–Crippen LogP) is 4.38. The van der Waals surface area contributed by atoms with Crippen LogP contribution in [0.1, 0.15) is 5.56 Å². The Morgan fingerprint density at radius 3 is 2.46 bits per heavy atom. The van der Waals surface area contributed by atoms with Crippen LogP contribution >= 0.6 is 0 Å². The molecular weight excluding hydrogens is 298 g/mol. The minimum Gasteiger partial charge on any atom is -0.497 e. The topological polar surface area (TPSA) is 39.4 Å². The highest BCUT2D eigenvalue weighted by molar-refractivity contribution is 5.70. The van der Waals surface area contributed by atoms with Gasteiger partial charge in [-0.25, -0.2) is 0 Å². The van der Waals surface area contributed by atoms with E-state index in [-0.39, 0.29) is 0 Å². The van der Waals surface area contributed by atoms with Gasteiger partial charge in [0.25, 0.3) is 0 Å². The summed E-state index contributed by atoms with van der Waals surface area (Å²) in [6, 6.07) is 20.3. The molecule has 0 spiro atoms. The normalized spacial score (nSPS) is 10.9. The fraction of sp³-hybridized carbons (Fsp3) is 0.100. The van der Waals surface area contributed by atoms with Crippen LogP contribution in [0, 0.1) is 6.92 Å². The average Bonchev–Trinajstić information content (AvgIpc) is 3.05. The van der Waals surface area contributed by atoms with Crippen molar-refractivity contribution in [1.29, 1.82) is 0 Å². The fourth-order valence-corrected chi connectivity index (χ4v) is 2.92. The minimum absolute atomic E-state index is 0.837. The molecule has 0 saturated carbocycles. The number of ether oxygens (including phenoxy) is 1. The third-order valence-electron chi connectivity index (χ3n) is 4.18. The van der Waals surface area contributed by atoms with Crippen molar-refractivity contribution in [3.05, 3.63) is 72.4 Å². The van der Waals surface area contributed by atoms with E-state index in [0.29, 0.717) is 0 Å². The summed E-state index contributed by atoms with van der Waals surface area (Å²) in [6.07, 6.45) is 2.09. The molecule has 4 aromatic rings. The van der Waals surface area contributed by atoms with E-state index in [2.05, 4.69) is 35.5 Å². The number of hydrogen-bond donors (Lipinski definition) is 0. The van der Waals surface area contributed by atoms with Gasteiger partial charge in [-0.2, -0.15) is 0 Å². The van der Waals surface area contributed by atoms with Crippen molar-refractivity contribution in [2.75, 3.05) is 7.11 Å². The third kappa shape index (κ3) is 2.42. The molecule has 0 aliphatic rings. The SMILES string of the molecule is COc1ccc(-c2ccc3nnc(-c4ccccc4)n3c2)c(C)c1. The van der Waals surface area contributed by atoms with E-state index < -0.39 is 0 Å². The molecule has 0 bridgehead atoms. The molecule has 0 atom stereocenters. The molecule has 2 aromatic heterocycles. The van der Waals surface area contributed by atoms with Gasteiger partial charge in [-0.3, -0.25) is 4.40 Å². The largest absolute Gasteiger partial charge is 0.497 e. The number of aryl methyl sites for hydroxylation is 1. The Morgan fingerprint density at radius 2 is 1.71 bits per heavy atom. The lowest BCUT2D eigenvalue weighted by Crippen LogP contribution is -1.92. The maximum Gasteiger partial charge on any atom is 0.168 e. The Hall–Kier alpha value is -3.14. The summed E-state index contributed by atoms with van der Waals surface area (Å²) in [4.78, 5) is 0. The Bertz CT molecular complexity index is 1010. The van der Waals surface area contributed by atoms with E-state index in [1.165, 1.54) is 11.1 Å². The Labute approximate surface area is 140 Å². The molecule has 24 heavy (non-hydrogen) atoms. The van der Waals surface area contributed by atoms with Crippen molar-refractivity contribution in [3.63, 3.8) is 0 Å². The zero-order chi connectivity index (χ0) is 16.5. The first-order chi connectivity index (χ1) is 11.8. The number of rotatable bonds is 3. The van der Waals surface area contributed by atoms with Gasteiger partial charge in [-0.15, -0.1) is 10.2 Å². The van der Waals surface area contributed by atoms with E-state index in [4.69, 9.17) is 4.74 Å². The lowest BCUT2D eigenvalue weighted by Gasteiger charge is -2.09. The quantitative estimate of drug-likeness (QED) is 0.563. The van der Waals surface area contributed by atoms with Crippen molar-refractivity contribution in [2.45, 2.75) is 6.92 Å². The van der Waals surface area contributed by atoms with Gasteiger partial charge in [0.05, 0.1) is 7.11 Å². The smallest absolute Gasteiger partial charge is 0.168 e. The first kappa shape index (κ1) is 14.5. The van der Waals surface area contributed by atoms with Crippen LogP contribution in [0.2, 0.25) is 0 Å². The second-order valence-corrected chi connectivity index (χ2v) is 5.72. The predicted molar refractivity (Wildman–Crippen MR) is 95.1 cm³/mol. The number of methoxy groups -OCH3 is 1. The van der Waals surface area contributed by atoms with Crippen molar-refractivity contribution >= 4 is 5.65 Å². The van der Waals surface area contributed by atoms with E-state index in [9.17, 15) is 0 Å². The van der Waals surface area contributed by atoms with Crippen LogP contribution in [0.4, 0.5) is 0 Å². The molecule has 118 valence electrons. The number of aromatic nitrogens is 3. The summed E-state index contributed by atoms with van der Waals surface area (Å²) in [6.45, 7) is 2.09. The van der Waals surface area contributed by atoms with Crippen LogP contribution in [-0.2, 0) is 0 Å². The van der Waals surface area contributed by atoms with Crippen LogP contribution in [-0.4, -0.2) is 21.7 Å². The van der Waals surface area contributed by atoms with Crippen LogP contribution < -0.4 is 4.74 Å². The van der Waals surface area contributed by atoms with Crippen LogP contribution in [0.25, 0.3) is 28.2 Å². The van der Waals surface area contributed by atoms with E-state index in [0.717, 1.165) is 28.3 Å². The molecule has 0 aliphatic carbocycles. The molecule has 0 unspecified atom stereocenters. The summed E-state index contributed by atoms with van der Waals surface area (Å²) >= 11 is 0. The van der Waals surface area contributed by atoms with Crippen molar-refractivity contribution in [2.24, 2.45) is 0 Å². The molecule has 2 heterocycles. The van der Waals surface area contributed by atoms with Gasteiger partial charge < -0.3 is 4.74 Å². The first-order valence-electron chi connectivity index (χ1n) is 7.81. The Balaban J connectivity index is 1.86. The van der Waals surface area contributed by atoms with Gasteiger partial charge in [0.2, 0.25) is 0 Å². The molecule has 4 nitrogen and oxygen atoms in total. The summed E-state index contributed by atoms with van der Waals surface area (Å²) in [5.41, 5.74) is 5.35. The number of benzene rings is 2. The standard InChI is InChI=1S/C20H17N3O/c1-14-12-17(24-2)9-10-18(14)16-8-11-19-21-22-20(23(19)13-16)15-6-4-3-5-7-15/h3-13H,1-2H3. The van der Waals surface area contributed by atoms with Gasteiger partial charge in [0.1, 0.15) is 5.75 Å². The lowest BCUT2D eigenvalue weighted by molar-refractivity contribution is 0.414. The average molecular weight is 315 g/mol. The first-order valence-corrected chi connectivity index (χ1v) is 7.81. The molecule has 0 saturated heterocycles. The number of pyridine rings is 1. The van der Waals surface area contributed by atoms with Crippen LogP contribution in [0.3, 0.4) is 0 Å². The third-order valence-corrected chi connectivity index (χ3v) is 4.18. The number of hydrogen-bond acceptors (Lipinski definition) is 3. The summed E-state index contributed by atoms with van der Waals surface area (Å²) in [5, 5.41) is 8.62. The van der Waals surface area contributed by atoms with E-state index in [1.807, 2.05) is 52.9 Å². The van der Waals surface area contributed by atoms with Gasteiger partial charge in [0, 0.05) is 11.8 Å². The molecule has 0 radical (unpaired) electrons. The van der Waals surface area contributed by atoms with Gasteiger partial charge in [-0.1, -0.05) is 36.4 Å². The molecule has 0 amide bonds. The highest BCUT2D eigenvalue weighted by Gasteiger charge is 2.10. The molecule has 4 rings (SSSR count). The summed E-state index contributed by atoms with van der Waals surface area (Å²) < 4.78 is 7.33. The number of nitrogens with zero attached hydrogens (tertiary/aromatic N) is 3. The summed E-state index contributed by atoms with van der Waals surface area (Å²) in [5.74, 6) is 1.71. The van der Waals surface area contributed by atoms with E-state index >= 15 is 0 Å². The van der Waals surface area contributed by atoms with Gasteiger partial charge >= 0.3 is 0 Å². The van der Waals surface area contributed by atoms with Gasteiger partial charge in [0.15, 0.2) is 11.5 Å². The van der Waals surface area contributed by atoms with Gasteiger partial charge in [-0.05, 0) is 47.9 Å². The molecule has 4 heteroatoms. The zero-order valence-electron chi connectivity index (χ0n) is 13.6. The molecule has 2 aromatic carbocycles. The van der Waals surface area contributed by atoms with Crippen molar-refractivity contribution in [1.82, 2.24) is 14.6 Å². The molecule has 0 aliphatic heterocycles. The van der Waals surface area contributed by atoms with E-state index in [1.54, 1.807) is 7.11 Å². The summed E-state index contributed by atoms with van der Waals surface area (Å²) in [7, 11) is 1.68. The molecule has 0 N–H and O–H groups in total. The van der Waals surface area contributed by atoms with Crippen LogP contribution in [0.15, 0.2) is 66.9 Å². The Morgan fingerprint density at radius 1 is 0.875 bits per heavy atom. The maximum atomic E-state index is 5.30. The van der Waals surface area contributed by atoms with Crippen LogP contribution in [0.5, 0.6) is 5.75 Å². The lowest BCUT2D eigenvalue weighted by atomic mass is 10.0. The van der Waals surface area contributed by atoms with Crippen molar-refractivity contribution in [3.8, 4) is 28.3 Å². The monoisotopic (exact) mass is 315 g/mol.